The second-order valence-corrected chi connectivity index (χ2v) is 11.9. The predicted molar refractivity (Wildman–Crippen MR) is 157 cm³/mol. The van der Waals surface area contributed by atoms with Crippen molar-refractivity contribution in [2.45, 2.75) is 23.1 Å². The Hall–Kier alpha value is -3.18. The van der Waals surface area contributed by atoms with Crippen LogP contribution in [0.25, 0.3) is 5.76 Å². The monoisotopic (exact) mass is 641 g/mol. The molecule has 1 fully saturated rings. The standard InChI is InChI=1S/C28H21BrClN3O4S2/c1-2-37-20-12-10-16(11-13-20)24(34)22-23(17-7-5-8-19(29)14-17)33(26(36)25(22)35)27-31-32-28(39-27)38-15-18-6-3-4-9-21(18)30/h3-14,23,34H,2,15H2,1H3/b24-22-. The Balaban J connectivity index is 1.53. The Morgan fingerprint density at radius 1 is 1.10 bits per heavy atom. The highest BCUT2D eigenvalue weighted by atomic mass is 79.9. The van der Waals surface area contributed by atoms with Crippen LogP contribution in [-0.4, -0.2) is 33.6 Å². The smallest absolute Gasteiger partial charge is 0.301 e. The van der Waals surface area contributed by atoms with Crippen molar-refractivity contribution in [1.29, 1.82) is 0 Å². The van der Waals surface area contributed by atoms with Crippen LogP contribution < -0.4 is 9.64 Å². The number of halogens is 2. The van der Waals surface area contributed by atoms with E-state index in [0.717, 1.165) is 10.0 Å². The van der Waals surface area contributed by atoms with E-state index in [4.69, 9.17) is 16.3 Å². The third-order valence-electron chi connectivity index (χ3n) is 5.96. The number of aliphatic hydroxyl groups is 1. The molecule has 1 aliphatic rings. The molecule has 1 unspecified atom stereocenters. The number of carbonyl (C=O) groups excluding carboxylic acids is 2. The van der Waals surface area contributed by atoms with Gasteiger partial charge < -0.3 is 9.84 Å². The summed E-state index contributed by atoms with van der Waals surface area (Å²) in [6.07, 6.45) is 0. The van der Waals surface area contributed by atoms with E-state index in [0.29, 0.717) is 38.6 Å². The first-order valence-corrected chi connectivity index (χ1v) is 14.8. The lowest BCUT2D eigenvalue weighted by atomic mass is 9.95. The minimum absolute atomic E-state index is 0.0252. The molecule has 0 radical (unpaired) electrons. The Morgan fingerprint density at radius 2 is 1.87 bits per heavy atom. The fourth-order valence-electron chi connectivity index (χ4n) is 4.17. The van der Waals surface area contributed by atoms with Crippen LogP contribution in [0.4, 0.5) is 5.13 Å². The summed E-state index contributed by atoms with van der Waals surface area (Å²) in [6, 6.07) is 20.6. The maximum absolute atomic E-state index is 13.4. The molecule has 1 amide bonds. The summed E-state index contributed by atoms with van der Waals surface area (Å²) >= 11 is 12.4. The van der Waals surface area contributed by atoms with E-state index in [9.17, 15) is 14.7 Å². The molecule has 2 heterocycles. The molecule has 4 aromatic rings. The number of hydrogen-bond donors (Lipinski definition) is 1. The molecule has 11 heteroatoms. The summed E-state index contributed by atoms with van der Waals surface area (Å²) < 4.78 is 6.87. The van der Waals surface area contributed by atoms with E-state index in [-0.39, 0.29) is 16.5 Å². The maximum atomic E-state index is 13.4. The summed E-state index contributed by atoms with van der Waals surface area (Å²) in [4.78, 5) is 28.1. The lowest BCUT2D eigenvalue weighted by Gasteiger charge is -2.22. The number of anilines is 1. The summed E-state index contributed by atoms with van der Waals surface area (Å²) in [5.41, 5.74) is 1.95. The van der Waals surface area contributed by atoms with Gasteiger partial charge in [0.2, 0.25) is 5.13 Å². The van der Waals surface area contributed by atoms with Crippen molar-refractivity contribution in [2.75, 3.05) is 11.5 Å². The number of aromatic nitrogens is 2. The third-order valence-corrected chi connectivity index (χ3v) is 8.93. The minimum atomic E-state index is -0.900. The Kier molecular flexibility index (Phi) is 8.37. The van der Waals surface area contributed by atoms with Crippen LogP contribution in [0.3, 0.4) is 0 Å². The first kappa shape index (κ1) is 27.4. The van der Waals surface area contributed by atoms with Gasteiger partial charge in [0, 0.05) is 20.8 Å². The molecule has 0 aliphatic carbocycles. The van der Waals surface area contributed by atoms with Crippen molar-refractivity contribution in [1.82, 2.24) is 10.2 Å². The summed E-state index contributed by atoms with van der Waals surface area (Å²) in [5.74, 6) is -0.659. The number of thioether (sulfide) groups is 1. The number of rotatable bonds is 8. The number of aliphatic hydroxyl groups excluding tert-OH is 1. The molecule has 39 heavy (non-hydrogen) atoms. The van der Waals surface area contributed by atoms with Gasteiger partial charge in [-0.15, -0.1) is 10.2 Å². The molecular weight excluding hydrogens is 622 g/mol. The summed E-state index contributed by atoms with van der Waals surface area (Å²) in [6.45, 7) is 2.38. The van der Waals surface area contributed by atoms with Crippen molar-refractivity contribution >= 4 is 73.2 Å². The predicted octanol–water partition coefficient (Wildman–Crippen LogP) is 7.27. The zero-order valence-electron chi connectivity index (χ0n) is 20.5. The average Bonchev–Trinajstić information content (AvgIpc) is 3.50. The van der Waals surface area contributed by atoms with Crippen LogP contribution in [-0.2, 0) is 15.3 Å². The lowest BCUT2D eigenvalue weighted by molar-refractivity contribution is -0.132. The van der Waals surface area contributed by atoms with Crippen LogP contribution in [0, 0.1) is 0 Å². The molecule has 0 spiro atoms. The molecule has 1 N–H and O–H groups in total. The van der Waals surface area contributed by atoms with Gasteiger partial charge in [-0.3, -0.25) is 14.5 Å². The van der Waals surface area contributed by atoms with E-state index < -0.39 is 17.7 Å². The average molecular weight is 643 g/mol. The number of Topliss-reactive ketones (excluding diaryl/α,β-unsaturated/α-hetero) is 1. The molecule has 0 bridgehead atoms. The zero-order chi connectivity index (χ0) is 27.5. The van der Waals surface area contributed by atoms with Crippen LogP contribution >= 0.6 is 50.6 Å². The number of benzene rings is 3. The first-order valence-electron chi connectivity index (χ1n) is 11.9. The molecule has 3 aromatic carbocycles. The van der Waals surface area contributed by atoms with Crippen molar-refractivity contribution in [2.24, 2.45) is 0 Å². The van der Waals surface area contributed by atoms with Crippen molar-refractivity contribution in [3.63, 3.8) is 0 Å². The molecular formula is C28H21BrClN3O4S2. The van der Waals surface area contributed by atoms with Gasteiger partial charge in [-0.25, -0.2) is 0 Å². The maximum Gasteiger partial charge on any atom is 0.301 e. The molecule has 1 atom stereocenters. The Morgan fingerprint density at radius 3 is 2.59 bits per heavy atom. The second-order valence-electron chi connectivity index (χ2n) is 8.41. The Labute approximate surface area is 246 Å². The van der Waals surface area contributed by atoms with Crippen molar-refractivity contribution in [3.8, 4) is 5.75 Å². The van der Waals surface area contributed by atoms with Gasteiger partial charge >= 0.3 is 5.91 Å². The van der Waals surface area contributed by atoms with Gasteiger partial charge in [-0.05, 0) is 60.5 Å². The quantitative estimate of drug-likeness (QED) is 0.0710. The Bertz CT molecular complexity index is 1580. The van der Waals surface area contributed by atoms with Crippen LogP contribution in [0.5, 0.6) is 5.75 Å². The molecule has 1 saturated heterocycles. The highest BCUT2D eigenvalue weighted by Crippen LogP contribution is 2.44. The topological polar surface area (TPSA) is 92.6 Å². The molecule has 1 aliphatic heterocycles. The van der Waals surface area contributed by atoms with Crippen molar-refractivity contribution < 1.29 is 19.4 Å². The number of amides is 1. The molecule has 1 aromatic heterocycles. The third kappa shape index (κ3) is 5.74. The van der Waals surface area contributed by atoms with E-state index in [2.05, 4.69) is 26.1 Å². The summed E-state index contributed by atoms with van der Waals surface area (Å²) in [5, 5.41) is 20.7. The molecule has 5 rings (SSSR count). The lowest BCUT2D eigenvalue weighted by Crippen LogP contribution is -2.29. The van der Waals surface area contributed by atoms with Gasteiger partial charge in [-0.2, -0.15) is 0 Å². The second kappa shape index (κ2) is 11.9. The van der Waals surface area contributed by atoms with Gasteiger partial charge in [0.15, 0.2) is 4.34 Å². The van der Waals surface area contributed by atoms with E-state index in [1.165, 1.54) is 28.0 Å². The van der Waals surface area contributed by atoms with Gasteiger partial charge in [0.1, 0.15) is 11.5 Å². The fraction of sp³-hybridized carbons (Fsp3) is 0.143. The molecule has 198 valence electrons. The number of hydrogen-bond acceptors (Lipinski definition) is 8. The number of ketones is 1. The van der Waals surface area contributed by atoms with E-state index >= 15 is 0 Å². The van der Waals surface area contributed by atoms with Gasteiger partial charge in [0.25, 0.3) is 5.78 Å². The molecule has 0 saturated carbocycles. The van der Waals surface area contributed by atoms with E-state index in [1.54, 1.807) is 36.4 Å². The molecule has 7 nitrogen and oxygen atoms in total. The largest absolute Gasteiger partial charge is 0.507 e. The SMILES string of the molecule is CCOc1ccc(/C(O)=C2/C(=O)C(=O)N(c3nnc(SCc4ccccc4Cl)s3)C2c2cccc(Br)c2)cc1. The minimum Gasteiger partial charge on any atom is -0.507 e. The van der Waals surface area contributed by atoms with Crippen LogP contribution in [0.1, 0.15) is 29.7 Å². The van der Waals surface area contributed by atoms with Crippen molar-refractivity contribution in [3.05, 3.63) is 105 Å². The normalized spacial score (nSPS) is 16.6. The van der Waals surface area contributed by atoms with Crippen LogP contribution in [0.2, 0.25) is 5.02 Å². The number of carbonyl (C=O) groups is 2. The van der Waals surface area contributed by atoms with Gasteiger partial charge in [-0.1, -0.05) is 81.0 Å². The zero-order valence-corrected chi connectivity index (χ0v) is 24.5. The van der Waals surface area contributed by atoms with E-state index in [1.807, 2.05) is 43.3 Å². The number of ether oxygens (including phenoxy) is 1. The fourth-order valence-corrected chi connectivity index (χ4v) is 6.74. The summed E-state index contributed by atoms with van der Waals surface area (Å²) in [7, 11) is 0. The van der Waals surface area contributed by atoms with Gasteiger partial charge in [0.05, 0.1) is 18.2 Å². The highest BCUT2D eigenvalue weighted by molar-refractivity contribution is 9.10. The highest BCUT2D eigenvalue weighted by Gasteiger charge is 2.48. The first-order chi connectivity index (χ1) is 18.9. The number of nitrogens with zero attached hydrogens (tertiary/aromatic N) is 3. The van der Waals surface area contributed by atoms with Crippen LogP contribution in [0.15, 0.2) is 87.2 Å².